The number of nitrogens with zero attached hydrogens (tertiary/aromatic N) is 3. The second kappa shape index (κ2) is 7.23. The van der Waals surface area contributed by atoms with Crippen LogP contribution in [-0.2, 0) is 9.59 Å². The molecular weight excluding hydrogens is 340 g/mol. The van der Waals surface area contributed by atoms with E-state index >= 15 is 0 Å². The van der Waals surface area contributed by atoms with E-state index in [2.05, 4.69) is 17.2 Å². The topological polar surface area (TPSA) is 67.2 Å². The number of unbranched alkanes of at least 4 members (excludes halogenated alkanes) is 1. The molecule has 1 atom stereocenters. The summed E-state index contributed by atoms with van der Waals surface area (Å²) in [4.78, 5) is 32.0. The van der Waals surface area contributed by atoms with Gasteiger partial charge in [0.05, 0.1) is 17.5 Å². The molecule has 2 amide bonds. The molecule has 1 aromatic heterocycles. The minimum absolute atomic E-state index is 0.0556. The van der Waals surface area contributed by atoms with Crippen molar-refractivity contribution in [1.29, 1.82) is 0 Å². The van der Waals surface area contributed by atoms with Crippen molar-refractivity contribution >= 4 is 34.5 Å². The van der Waals surface area contributed by atoms with E-state index in [-0.39, 0.29) is 18.2 Å². The third-order valence-electron chi connectivity index (χ3n) is 4.85. The summed E-state index contributed by atoms with van der Waals surface area (Å²) in [6.07, 6.45) is 1.98. The van der Waals surface area contributed by atoms with E-state index in [1.165, 1.54) is 0 Å². The zero-order valence-electron chi connectivity index (χ0n) is 15.3. The van der Waals surface area contributed by atoms with Gasteiger partial charge < -0.3 is 5.32 Å². The van der Waals surface area contributed by atoms with E-state index in [1.807, 2.05) is 59.2 Å². The van der Waals surface area contributed by atoms with E-state index in [0.717, 1.165) is 29.6 Å². The molecule has 0 aliphatic carbocycles. The fourth-order valence-corrected chi connectivity index (χ4v) is 3.53. The molecule has 1 aliphatic heterocycles. The molecule has 0 spiro atoms. The average Bonchev–Trinajstić information content (AvgIpc) is 3.16. The summed E-state index contributed by atoms with van der Waals surface area (Å²) in [5.74, 6) is 0.410. The third-order valence-corrected chi connectivity index (χ3v) is 4.85. The quantitative estimate of drug-likeness (QED) is 0.726. The molecule has 2 aromatic carbocycles. The summed E-state index contributed by atoms with van der Waals surface area (Å²) >= 11 is 0. The number of imidazole rings is 1. The van der Waals surface area contributed by atoms with Gasteiger partial charge in [0.25, 0.3) is 5.91 Å². The van der Waals surface area contributed by atoms with Gasteiger partial charge in [-0.1, -0.05) is 43.7 Å². The number of benzene rings is 2. The van der Waals surface area contributed by atoms with Gasteiger partial charge in [-0.05, 0) is 30.7 Å². The van der Waals surface area contributed by atoms with Crippen LogP contribution < -0.4 is 10.2 Å². The normalized spacial score (nSPS) is 16.0. The Bertz CT molecular complexity index is 980. The van der Waals surface area contributed by atoms with Crippen LogP contribution in [0.4, 0.5) is 11.6 Å². The molecule has 0 radical (unpaired) electrons. The summed E-state index contributed by atoms with van der Waals surface area (Å²) < 4.78 is 1.91. The molecular formula is C21H22N4O2. The van der Waals surface area contributed by atoms with Crippen LogP contribution in [0.2, 0.25) is 0 Å². The van der Waals surface area contributed by atoms with Crippen LogP contribution in [0.1, 0.15) is 32.2 Å². The first-order valence-corrected chi connectivity index (χ1v) is 9.32. The van der Waals surface area contributed by atoms with Gasteiger partial charge in [-0.2, -0.15) is 0 Å². The molecule has 3 aromatic rings. The van der Waals surface area contributed by atoms with Gasteiger partial charge in [-0.3, -0.25) is 19.1 Å². The van der Waals surface area contributed by atoms with Crippen LogP contribution in [0.15, 0.2) is 54.6 Å². The Kier molecular flexibility index (Phi) is 4.62. The van der Waals surface area contributed by atoms with Crippen molar-refractivity contribution in [2.75, 3.05) is 16.8 Å². The van der Waals surface area contributed by atoms with Gasteiger partial charge in [0, 0.05) is 12.2 Å². The molecule has 27 heavy (non-hydrogen) atoms. The van der Waals surface area contributed by atoms with Crippen molar-refractivity contribution in [3.8, 4) is 0 Å². The van der Waals surface area contributed by atoms with Gasteiger partial charge in [0.1, 0.15) is 6.04 Å². The number of para-hydroxylation sites is 3. The number of amides is 2. The molecule has 0 fully saturated rings. The number of nitrogens with one attached hydrogen (secondary N) is 1. The lowest BCUT2D eigenvalue weighted by Gasteiger charge is -2.15. The van der Waals surface area contributed by atoms with Crippen LogP contribution >= 0.6 is 0 Å². The molecule has 2 heterocycles. The van der Waals surface area contributed by atoms with Crippen molar-refractivity contribution in [3.63, 3.8) is 0 Å². The van der Waals surface area contributed by atoms with E-state index < -0.39 is 6.04 Å². The maximum Gasteiger partial charge on any atom is 0.253 e. The maximum absolute atomic E-state index is 13.0. The number of hydrogen-bond donors (Lipinski definition) is 1. The lowest BCUT2D eigenvalue weighted by atomic mass is 10.1. The molecule has 4 rings (SSSR count). The SMILES string of the molecule is CCCCN1C(=O)[C@H](CC(=O)Nc2ccccc2)n2c1nc1ccccc12. The molecule has 6 nitrogen and oxygen atoms in total. The second-order valence-corrected chi connectivity index (χ2v) is 6.75. The fraction of sp³-hybridized carbons (Fsp3) is 0.286. The summed E-state index contributed by atoms with van der Waals surface area (Å²) in [5.41, 5.74) is 2.46. The van der Waals surface area contributed by atoms with Crippen LogP contribution in [0.25, 0.3) is 11.0 Å². The molecule has 0 saturated heterocycles. The number of carbonyl (C=O) groups is 2. The first-order valence-electron chi connectivity index (χ1n) is 9.32. The number of hydrogen-bond acceptors (Lipinski definition) is 3. The Hall–Kier alpha value is -3.15. The van der Waals surface area contributed by atoms with Crippen molar-refractivity contribution < 1.29 is 9.59 Å². The maximum atomic E-state index is 13.0. The summed E-state index contributed by atoms with van der Waals surface area (Å²) in [6.45, 7) is 2.71. The van der Waals surface area contributed by atoms with Crippen LogP contribution in [0.5, 0.6) is 0 Å². The van der Waals surface area contributed by atoms with Gasteiger partial charge >= 0.3 is 0 Å². The Morgan fingerprint density at radius 1 is 1.11 bits per heavy atom. The van der Waals surface area contributed by atoms with Gasteiger partial charge in [0.15, 0.2) is 0 Å². The minimum Gasteiger partial charge on any atom is -0.326 e. The zero-order valence-corrected chi connectivity index (χ0v) is 15.3. The highest BCUT2D eigenvalue weighted by molar-refractivity contribution is 6.05. The van der Waals surface area contributed by atoms with E-state index in [1.54, 1.807) is 4.90 Å². The van der Waals surface area contributed by atoms with Crippen molar-refractivity contribution in [2.24, 2.45) is 0 Å². The van der Waals surface area contributed by atoms with E-state index in [9.17, 15) is 9.59 Å². The van der Waals surface area contributed by atoms with Crippen LogP contribution in [0, 0.1) is 0 Å². The smallest absolute Gasteiger partial charge is 0.253 e. The lowest BCUT2D eigenvalue weighted by molar-refractivity contribution is -0.124. The molecule has 1 N–H and O–H groups in total. The Morgan fingerprint density at radius 3 is 2.63 bits per heavy atom. The largest absolute Gasteiger partial charge is 0.326 e. The minimum atomic E-state index is -0.562. The monoisotopic (exact) mass is 362 g/mol. The van der Waals surface area contributed by atoms with Crippen molar-refractivity contribution in [3.05, 3.63) is 54.6 Å². The number of carbonyl (C=O) groups excluding carboxylic acids is 2. The standard InChI is InChI=1S/C21H22N4O2/c1-2-3-13-24-20(27)18(14-19(26)22-15-9-5-4-6-10-15)25-17-12-8-7-11-16(17)23-21(24)25/h4-12,18H,2-3,13-14H2,1H3,(H,22,26)/t18-/m0/s1. The molecule has 0 unspecified atom stereocenters. The van der Waals surface area contributed by atoms with E-state index in [4.69, 9.17) is 0 Å². The van der Waals surface area contributed by atoms with Crippen LogP contribution in [0.3, 0.4) is 0 Å². The fourth-order valence-electron chi connectivity index (χ4n) is 3.53. The number of anilines is 2. The van der Waals surface area contributed by atoms with Crippen molar-refractivity contribution in [2.45, 2.75) is 32.2 Å². The first-order chi connectivity index (χ1) is 13.2. The summed E-state index contributed by atoms with van der Waals surface area (Å²) in [5, 5.41) is 2.88. The predicted octanol–water partition coefficient (Wildman–Crippen LogP) is 3.75. The number of fused-ring (bicyclic) bond motifs is 3. The molecule has 0 saturated carbocycles. The lowest BCUT2D eigenvalue weighted by Crippen LogP contribution is -2.32. The zero-order chi connectivity index (χ0) is 18.8. The number of aromatic nitrogens is 2. The van der Waals surface area contributed by atoms with Crippen molar-refractivity contribution in [1.82, 2.24) is 9.55 Å². The number of rotatable bonds is 6. The highest BCUT2D eigenvalue weighted by Crippen LogP contribution is 2.36. The Morgan fingerprint density at radius 2 is 1.85 bits per heavy atom. The Balaban J connectivity index is 1.64. The predicted molar refractivity (Wildman–Crippen MR) is 106 cm³/mol. The summed E-state index contributed by atoms with van der Waals surface area (Å²) in [7, 11) is 0. The Labute approximate surface area is 157 Å². The molecule has 6 heteroatoms. The van der Waals surface area contributed by atoms with Gasteiger partial charge in [-0.25, -0.2) is 4.98 Å². The van der Waals surface area contributed by atoms with Gasteiger partial charge in [-0.15, -0.1) is 0 Å². The third kappa shape index (κ3) is 3.18. The highest BCUT2D eigenvalue weighted by atomic mass is 16.2. The first kappa shape index (κ1) is 17.3. The second-order valence-electron chi connectivity index (χ2n) is 6.75. The van der Waals surface area contributed by atoms with E-state index in [0.29, 0.717) is 12.5 Å². The summed E-state index contributed by atoms with van der Waals surface area (Å²) in [6, 6.07) is 16.5. The highest BCUT2D eigenvalue weighted by Gasteiger charge is 2.40. The molecule has 0 bridgehead atoms. The average molecular weight is 362 g/mol. The van der Waals surface area contributed by atoms with Gasteiger partial charge in [0.2, 0.25) is 11.9 Å². The molecule has 1 aliphatic rings. The van der Waals surface area contributed by atoms with Crippen LogP contribution in [-0.4, -0.2) is 27.9 Å². The molecule has 138 valence electrons.